The molecule has 0 aliphatic heterocycles. The van der Waals surface area contributed by atoms with Gasteiger partial charge in [0.05, 0.1) is 12.2 Å². The lowest BCUT2D eigenvalue weighted by Gasteiger charge is -2.43. The van der Waals surface area contributed by atoms with E-state index in [0.29, 0.717) is 0 Å². The molecule has 0 amide bonds. The zero-order valence-corrected chi connectivity index (χ0v) is 15.2. The van der Waals surface area contributed by atoms with Crippen molar-refractivity contribution in [1.82, 2.24) is 0 Å². The van der Waals surface area contributed by atoms with Crippen LogP contribution in [0.2, 0.25) is 18.1 Å². The first kappa shape index (κ1) is 18.9. The predicted molar refractivity (Wildman–Crippen MR) is 86.9 cm³/mol. The van der Waals surface area contributed by atoms with E-state index in [1.54, 1.807) is 0 Å². The summed E-state index contributed by atoms with van der Waals surface area (Å²) in [6, 6.07) is 0. The Hall–Kier alpha value is -0.123. The van der Waals surface area contributed by atoms with Gasteiger partial charge in [0.2, 0.25) is 0 Å². The van der Waals surface area contributed by atoms with Gasteiger partial charge in [0, 0.05) is 5.92 Å². The van der Waals surface area contributed by atoms with Crippen LogP contribution >= 0.6 is 0 Å². The lowest BCUT2D eigenvalue weighted by atomic mass is 9.88. The molecule has 0 fully saturated rings. The molecule has 1 N–H and O–H groups in total. The Bertz CT molecular complexity index is 281. The summed E-state index contributed by atoms with van der Waals surface area (Å²) in [5, 5.41) is 10.3. The normalized spacial score (nSPS) is 19.6. The van der Waals surface area contributed by atoms with Crippen LogP contribution in [-0.2, 0) is 4.43 Å². The highest BCUT2D eigenvalue weighted by molar-refractivity contribution is 6.74. The van der Waals surface area contributed by atoms with Crippen LogP contribution in [0.3, 0.4) is 0 Å². The highest BCUT2D eigenvalue weighted by Crippen LogP contribution is 2.39. The third-order valence-corrected chi connectivity index (χ3v) is 9.14. The largest absolute Gasteiger partial charge is 0.413 e. The predicted octanol–water partition coefficient (Wildman–Crippen LogP) is 4.61. The minimum Gasteiger partial charge on any atom is -0.413 e. The van der Waals surface area contributed by atoms with Crippen LogP contribution in [0, 0.1) is 11.8 Å². The Morgan fingerprint density at radius 1 is 1.26 bits per heavy atom. The number of rotatable bonds is 7. The van der Waals surface area contributed by atoms with E-state index in [4.69, 9.17) is 4.43 Å². The molecule has 0 bridgehead atoms. The maximum atomic E-state index is 10.1. The van der Waals surface area contributed by atoms with E-state index >= 15 is 0 Å². The Labute approximate surface area is 121 Å². The summed E-state index contributed by atoms with van der Waals surface area (Å²) in [6.45, 7) is 21.4. The molecule has 19 heavy (non-hydrogen) atoms. The Morgan fingerprint density at radius 2 is 1.74 bits per heavy atom. The molecule has 3 heteroatoms. The molecule has 0 aromatic heterocycles. The molecule has 2 nitrogen and oxygen atoms in total. The summed E-state index contributed by atoms with van der Waals surface area (Å²) in [7, 11) is -1.83. The Kier molecular flexibility index (Phi) is 7.00. The van der Waals surface area contributed by atoms with E-state index < -0.39 is 8.32 Å². The third kappa shape index (κ3) is 5.05. The standard InChI is InChI=1S/C16H34O2Si/c1-10-12(3)15(13(4)14(17)11-2)18-19(8,9)16(5,6)7/h10,12-15,17H,1,11H2,2-9H3/t12-,13+,14?,15+/m0/s1. The fourth-order valence-electron chi connectivity index (χ4n) is 1.94. The first-order valence-electron chi connectivity index (χ1n) is 7.46. The molecule has 114 valence electrons. The van der Waals surface area contributed by atoms with Crippen LogP contribution in [0.25, 0.3) is 0 Å². The average Bonchev–Trinajstić information content (AvgIpc) is 2.31. The summed E-state index contributed by atoms with van der Waals surface area (Å²) in [5.41, 5.74) is 0. The number of aliphatic hydroxyl groups is 1. The molecule has 0 aliphatic rings. The second-order valence-electron chi connectivity index (χ2n) is 7.27. The lowest BCUT2D eigenvalue weighted by Crippen LogP contribution is -2.48. The summed E-state index contributed by atoms with van der Waals surface area (Å²) < 4.78 is 6.55. The molecular weight excluding hydrogens is 252 g/mol. The van der Waals surface area contributed by atoms with Gasteiger partial charge in [0.15, 0.2) is 8.32 Å². The maximum Gasteiger partial charge on any atom is 0.192 e. The van der Waals surface area contributed by atoms with Crippen LogP contribution in [0.4, 0.5) is 0 Å². The van der Waals surface area contributed by atoms with Crippen molar-refractivity contribution < 1.29 is 9.53 Å². The van der Waals surface area contributed by atoms with Gasteiger partial charge in [-0.2, -0.15) is 0 Å². The second-order valence-corrected chi connectivity index (χ2v) is 12.0. The highest BCUT2D eigenvalue weighted by Gasteiger charge is 2.41. The summed E-state index contributed by atoms with van der Waals surface area (Å²) in [5.74, 6) is 0.387. The maximum absolute atomic E-state index is 10.1. The molecule has 4 atom stereocenters. The Morgan fingerprint density at radius 3 is 2.05 bits per heavy atom. The molecule has 0 radical (unpaired) electrons. The van der Waals surface area contributed by atoms with Crippen LogP contribution in [-0.4, -0.2) is 25.6 Å². The van der Waals surface area contributed by atoms with E-state index in [0.717, 1.165) is 6.42 Å². The van der Waals surface area contributed by atoms with Gasteiger partial charge in [-0.25, -0.2) is 0 Å². The fourth-order valence-corrected chi connectivity index (χ4v) is 3.40. The van der Waals surface area contributed by atoms with Gasteiger partial charge in [-0.15, -0.1) is 6.58 Å². The van der Waals surface area contributed by atoms with Crippen LogP contribution in [0.15, 0.2) is 12.7 Å². The molecule has 0 rings (SSSR count). The van der Waals surface area contributed by atoms with Crippen LogP contribution < -0.4 is 0 Å². The summed E-state index contributed by atoms with van der Waals surface area (Å²) >= 11 is 0. The molecule has 0 aliphatic carbocycles. The van der Waals surface area contributed by atoms with Gasteiger partial charge in [-0.1, -0.05) is 47.6 Å². The van der Waals surface area contributed by atoms with Crippen molar-refractivity contribution in [3.8, 4) is 0 Å². The van der Waals surface area contributed by atoms with E-state index in [9.17, 15) is 5.11 Å². The van der Waals surface area contributed by atoms with Crippen molar-refractivity contribution in [3.05, 3.63) is 12.7 Å². The summed E-state index contributed by atoms with van der Waals surface area (Å²) in [6.07, 6.45) is 2.45. The van der Waals surface area contributed by atoms with E-state index in [1.165, 1.54) is 0 Å². The molecule has 0 spiro atoms. The van der Waals surface area contributed by atoms with Gasteiger partial charge >= 0.3 is 0 Å². The first-order chi connectivity index (χ1) is 8.47. The SMILES string of the molecule is C=C[C@H](C)[C@@H](O[Si](C)(C)C(C)(C)C)[C@H](C)C(O)CC. The van der Waals surface area contributed by atoms with Crippen LogP contribution in [0.1, 0.15) is 48.0 Å². The quantitative estimate of drug-likeness (QED) is 0.547. The Balaban J connectivity index is 5.14. The second kappa shape index (κ2) is 7.05. The van der Waals surface area contributed by atoms with Crippen molar-refractivity contribution >= 4 is 8.32 Å². The monoisotopic (exact) mass is 286 g/mol. The first-order valence-corrected chi connectivity index (χ1v) is 10.4. The summed E-state index contributed by atoms with van der Waals surface area (Å²) in [4.78, 5) is 0. The van der Waals surface area contributed by atoms with Crippen molar-refractivity contribution in [2.45, 2.75) is 78.3 Å². The molecule has 0 saturated carbocycles. The molecule has 0 aromatic carbocycles. The third-order valence-electron chi connectivity index (χ3n) is 4.67. The van der Waals surface area contributed by atoms with E-state index in [-0.39, 0.29) is 29.1 Å². The smallest absolute Gasteiger partial charge is 0.192 e. The number of aliphatic hydroxyl groups excluding tert-OH is 1. The average molecular weight is 287 g/mol. The van der Waals surface area contributed by atoms with Crippen molar-refractivity contribution in [2.24, 2.45) is 11.8 Å². The van der Waals surface area contributed by atoms with Crippen molar-refractivity contribution in [1.29, 1.82) is 0 Å². The zero-order valence-electron chi connectivity index (χ0n) is 14.2. The van der Waals surface area contributed by atoms with E-state index in [2.05, 4.69) is 54.3 Å². The number of hydrogen-bond donors (Lipinski definition) is 1. The van der Waals surface area contributed by atoms with Gasteiger partial charge < -0.3 is 9.53 Å². The van der Waals surface area contributed by atoms with E-state index in [1.807, 2.05) is 13.0 Å². The lowest BCUT2D eigenvalue weighted by molar-refractivity contribution is 0.00974. The molecule has 0 saturated heterocycles. The minimum atomic E-state index is -1.83. The molecule has 0 heterocycles. The number of hydrogen-bond acceptors (Lipinski definition) is 2. The topological polar surface area (TPSA) is 29.5 Å². The minimum absolute atomic E-state index is 0.0494. The van der Waals surface area contributed by atoms with Crippen molar-refractivity contribution in [3.63, 3.8) is 0 Å². The van der Waals surface area contributed by atoms with Crippen LogP contribution in [0.5, 0.6) is 0 Å². The molecular formula is C16H34O2Si. The van der Waals surface area contributed by atoms with Gasteiger partial charge in [-0.05, 0) is 30.5 Å². The van der Waals surface area contributed by atoms with Gasteiger partial charge in [0.25, 0.3) is 0 Å². The van der Waals surface area contributed by atoms with Gasteiger partial charge in [-0.3, -0.25) is 0 Å². The van der Waals surface area contributed by atoms with Crippen molar-refractivity contribution in [2.75, 3.05) is 0 Å². The molecule has 1 unspecified atom stereocenters. The molecule has 0 aromatic rings. The fraction of sp³-hybridized carbons (Fsp3) is 0.875. The zero-order chi connectivity index (χ0) is 15.4. The highest BCUT2D eigenvalue weighted by atomic mass is 28.4. The van der Waals surface area contributed by atoms with Gasteiger partial charge in [0.1, 0.15) is 0 Å².